The first kappa shape index (κ1) is 19.3. The lowest BCUT2D eigenvalue weighted by molar-refractivity contribution is -0.117. The van der Waals surface area contributed by atoms with Gasteiger partial charge < -0.3 is 19.6 Å². The maximum Gasteiger partial charge on any atom is 0.407 e. The number of rotatable bonds is 4. The van der Waals surface area contributed by atoms with Crippen LogP contribution in [0.2, 0.25) is 0 Å². The lowest BCUT2D eigenvalue weighted by Crippen LogP contribution is -2.41. The van der Waals surface area contributed by atoms with Crippen LogP contribution < -0.4 is 9.64 Å². The van der Waals surface area contributed by atoms with Crippen LogP contribution >= 0.6 is 0 Å². The van der Waals surface area contributed by atoms with E-state index >= 15 is 0 Å². The summed E-state index contributed by atoms with van der Waals surface area (Å²) in [6.45, 7) is 7.26. The fourth-order valence-corrected chi connectivity index (χ4v) is 3.99. The van der Waals surface area contributed by atoms with Crippen molar-refractivity contribution in [2.24, 2.45) is 0 Å². The molecule has 2 amide bonds. The highest BCUT2D eigenvalue weighted by atomic mass is 16.5. The summed E-state index contributed by atoms with van der Waals surface area (Å²) >= 11 is 0. The van der Waals surface area contributed by atoms with Gasteiger partial charge in [0.15, 0.2) is 0 Å². The Morgan fingerprint density at radius 3 is 2.67 bits per heavy atom. The van der Waals surface area contributed by atoms with Gasteiger partial charge in [-0.25, -0.2) is 4.79 Å². The minimum Gasteiger partial charge on any atom is -0.493 e. The second-order valence-corrected chi connectivity index (χ2v) is 7.27. The summed E-state index contributed by atoms with van der Waals surface area (Å²) in [5, 5.41) is 9.16. The summed E-state index contributed by atoms with van der Waals surface area (Å²) in [4.78, 5) is 26.6. The van der Waals surface area contributed by atoms with Crippen molar-refractivity contribution in [1.82, 2.24) is 4.90 Å². The maximum atomic E-state index is 12.2. The highest BCUT2D eigenvalue weighted by Gasteiger charge is 2.30. The third-order valence-electron chi connectivity index (χ3n) is 5.36. The van der Waals surface area contributed by atoms with E-state index in [1.165, 1.54) is 4.90 Å². The van der Waals surface area contributed by atoms with Crippen LogP contribution in [0.4, 0.5) is 10.5 Å². The summed E-state index contributed by atoms with van der Waals surface area (Å²) in [6.07, 6.45) is 4.45. The Labute approximate surface area is 160 Å². The minimum atomic E-state index is -0.885. The molecule has 0 fully saturated rings. The van der Waals surface area contributed by atoms with E-state index in [9.17, 15) is 9.59 Å². The van der Waals surface area contributed by atoms with Crippen molar-refractivity contribution in [3.05, 3.63) is 29.3 Å². The molecular weight excluding hydrogens is 344 g/mol. The molecule has 0 aromatic heterocycles. The normalized spacial score (nSPS) is 19.4. The minimum absolute atomic E-state index is 0.0478. The standard InChI is InChI=1S/C21H28N2O4/c1-4-13-27-20-17(16-9-11-22(12-10-16)21(25)26)7-8-19-18(20)6-5-14(2)23(19)15(3)24/h7-9,14H,4-6,10-13H2,1-3H3,(H,25,26)/t14-/m0/s1. The highest BCUT2D eigenvalue weighted by Crippen LogP contribution is 2.42. The Morgan fingerprint density at radius 2 is 2.07 bits per heavy atom. The molecule has 6 nitrogen and oxygen atoms in total. The monoisotopic (exact) mass is 372 g/mol. The Bertz CT molecular complexity index is 772. The molecule has 3 rings (SSSR count). The van der Waals surface area contributed by atoms with Crippen LogP contribution in [-0.2, 0) is 11.2 Å². The van der Waals surface area contributed by atoms with Gasteiger partial charge in [0.25, 0.3) is 0 Å². The largest absolute Gasteiger partial charge is 0.493 e. The average Bonchev–Trinajstić information content (AvgIpc) is 2.65. The van der Waals surface area contributed by atoms with Gasteiger partial charge in [0, 0.05) is 37.2 Å². The maximum absolute atomic E-state index is 12.2. The van der Waals surface area contributed by atoms with Crippen molar-refractivity contribution in [2.45, 2.75) is 52.5 Å². The quantitative estimate of drug-likeness (QED) is 0.869. The van der Waals surface area contributed by atoms with Crippen LogP contribution in [-0.4, -0.2) is 47.7 Å². The van der Waals surface area contributed by atoms with E-state index in [-0.39, 0.29) is 11.9 Å². The lowest BCUT2D eigenvalue weighted by Gasteiger charge is -2.36. The molecule has 2 aliphatic rings. The summed E-state index contributed by atoms with van der Waals surface area (Å²) in [6, 6.07) is 4.23. The number of carboxylic acid groups (broad SMARTS) is 1. The molecule has 0 spiro atoms. The number of nitrogens with zero attached hydrogens (tertiary/aromatic N) is 2. The van der Waals surface area contributed by atoms with E-state index in [2.05, 4.69) is 13.8 Å². The van der Waals surface area contributed by atoms with Gasteiger partial charge in [-0.2, -0.15) is 0 Å². The van der Waals surface area contributed by atoms with Crippen molar-refractivity contribution in [3.63, 3.8) is 0 Å². The van der Waals surface area contributed by atoms with E-state index in [0.717, 1.165) is 47.4 Å². The summed E-state index contributed by atoms with van der Waals surface area (Å²) in [7, 11) is 0. The van der Waals surface area contributed by atoms with Crippen LogP contribution in [0.1, 0.15) is 51.2 Å². The molecule has 0 saturated carbocycles. The zero-order valence-corrected chi connectivity index (χ0v) is 16.3. The smallest absolute Gasteiger partial charge is 0.407 e. The molecule has 0 aliphatic carbocycles. The topological polar surface area (TPSA) is 70.1 Å². The summed E-state index contributed by atoms with van der Waals surface area (Å²) in [5.41, 5.74) is 4.19. The fraction of sp³-hybridized carbons (Fsp3) is 0.524. The molecular formula is C21H28N2O4. The van der Waals surface area contributed by atoms with Crippen molar-refractivity contribution >= 4 is 23.3 Å². The van der Waals surface area contributed by atoms with Crippen molar-refractivity contribution in [3.8, 4) is 5.75 Å². The highest BCUT2D eigenvalue weighted by molar-refractivity contribution is 5.94. The first-order valence-corrected chi connectivity index (χ1v) is 9.69. The molecule has 1 atom stereocenters. The third-order valence-corrected chi connectivity index (χ3v) is 5.36. The molecule has 27 heavy (non-hydrogen) atoms. The van der Waals surface area contributed by atoms with Gasteiger partial charge in [-0.3, -0.25) is 4.79 Å². The van der Waals surface area contributed by atoms with Crippen molar-refractivity contribution < 1.29 is 19.4 Å². The van der Waals surface area contributed by atoms with Gasteiger partial charge in [0.1, 0.15) is 5.75 Å². The zero-order valence-electron chi connectivity index (χ0n) is 16.3. The average molecular weight is 372 g/mol. The number of fused-ring (bicyclic) bond motifs is 1. The predicted octanol–water partition coefficient (Wildman–Crippen LogP) is 3.93. The molecule has 1 N–H and O–H groups in total. The SMILES string of the molecule is CCCOc1c(C2=CCN(C(=O)O)CC2)ccc2c1CC[C@H](C)N2C(C)=O. The molecule has 146 valence electrons. The first-order chi connectivity index (χ1) is 12.9. The van der Waals surface area contributed by atoms with Crippen LogP contribution in [0.3, 0.4) is 0 Å². The Morgan fingerprint density at radius 1 is 1.30 bits per heavy atom. The van der Waals surface area contributed by atoms with E-state index < -0.39 is 6.09 Å². The number of hydrogen-bond donors (Lipinski definition) is 1. The third kappa shape index (κ3) is 3.80. The van der Waals surface area contributed by atoms with Gasteiger partial charge >= 0.3 is 6.09 Å². The molecule has 0 bridgehead atoms. The Kier molecular flexibility index (Phi) is 5.73. The zero-order chi connectivity index (χ0) is 19.6. The number of benzene rings is 1. The van der Waals surface area contributed by atoms with Crippen molar-refractivity contribution in [2.75, 3.05) is 24.6 Å². The van der Waals surface area contributed by atoms with Crippen LogP contribution in [0.15, 0.2) is 18.2 Å². The fourth-order valence-electron chi connectivity index (χ4n) is 3.99. The second-order valence-electron chi connectivity index (χ2n) is 7.27. The molecule has 6 heteroatoms. The van der Waals surface area contributed by atoms with Gasteiger partial charge in [-0.15, -0.1) is 0 Å². The van der Waals surface area contributed by atoms with Crippen LogP contribution in [0.25, 0.3) is 5.57 Å². The number of ether oxygens (including phenoxy) is 1. The Hall–Kier alpha value is -2.50. The van der Waals surface area contributed by atoms with Gasteiger partial charge in [-0.1, -0.05) is 13.0 Å². The Balaban J connectivity index is 2.03. The first-order valence-electron chi connectivity index (χ1n) is 9.69. The lowest BCUT2D eigenvalue weighted by atomic mass is 9.90. The van der Waals surface area contributed by atoms with E-state index in [1.807, 2.05) is 23.1 Å². The number of anilines is 1. The summed E-state index contributed by atoms with van der Waals surface area (Å²) < 4.78 is 6.17. The van der Waals surface area contributed by atoms with Crippen LogP contribution in [0.5, 0.6) is 5.75 Å². The van der Waals surface area contributed by atoms with E-state index in [4.69, 9.17) is 9.84 Å². The molecule has 1 aromatic carbocycles. The van der Waals surface area contributed by atoms with E-state index in [1.54, 1.807) is 6.92 Å². The van der Waals surface area contributed by atoms with Crippen molar-refractivity contribution in [1.29, 1.82) is 0 Å². The second kappa shape index (κ2) is 8.03. The van der Waals surface area contributed by atoms with Gasteiger partial charge in [-0.05, 0) is 50.3 Å². The molecule has 1 aromatic rings. The molecule has 0 unspecified atom stereocenters. The van der Waals surface area contributed by atoms with Gasteiger partial charge in [0.05, 0.1) is 12.3 Å². The molecule has 2 aliphatic heterocycles. The molecule has 0 radical (unpaired) electrons. The molecule has 0 saturated heterocycles. The van der Waals surface area contributed by atoms with Gasteiger partial charge in [0.2, 0.25) is 5.91 Å². The van der Waals surface area contributed by atoms with Crippen LogP contribution in [0, 0.1) is 0 Å². The number of carbonyl (C=O) groups excluding carboxylic acids is 1. The predicted molar refractivity (Wildman–Crippen MR) is 105 cm³/mol. The number of hydrogen-bond acceptors (Lipinski definition) is 3. The summed E-state index contributed by atoms with van der Waals surface area (Å²) in [5.74, 6) is 0.911. The molecule has 2 heterocycles. The number of amides is 2. The number of carbonyl (C=O) groups is 2. The van der Waals surface area contributed by atoms with E-state index in [0.29, 0.717) is 26.1 Å².